The van der Waals surface area contributed by atoms with E-state index in [4.69, 9.17) is 5.73 Å². The van der Waals surface area contributed by atoms with Gasteiger partial charge in [-0.2, -0.15) is 0 Å². The number of nitrogens with two attached hydrogens (primary N) is 1. The fraction of sp³-hybridized carbons (Fsp3) is 1.00. The van der Waals surface area contributed by atoms with Crippen molar-refractivity contribution in [2.45, 2.75) is 58.9 Å². The van der Waals surface area contributed by atoms with Crippen LogP contribution in [0.2, 0.25) is 0 Å². The molecule has 0 aliphatic rings. The van der Waals surface area contributed by atoms with Crippen molar-refractivity contribution in [3.8, 4) is 0 Å². The Morgan fingerprint density at radius 3 is 2.07 bits per heavy atom. The highest BCUT2D eigenvalue weighted by Gasteiger charge is 2.07. The summed E-state index contributed by atoms with van der Waals surface area (Å²) in [5.41, 5.74) is 5.51. The van der Waals surface area contributed by atoms with E-state index in [9.17, 15) is 0 Å². The fourth-order valence-corrected chi connectivity index (χ4v) is 1.88. The molecule has 1 unspecified atom stereocenters. The van der Waals surface area contributed by atoms with Crippen molar-refractivity contribution in [3.05, 3.63) is 0 Å². The van der Waals surface area contributed by atoms with Crippen molar-refractivity contribution >= 4 is 0 Å². The molecule has 0 aliphatic heterocycles. The zero-order valence-electron chi connectivity index (χ0n) is 10.2. The first kappa shape index (κ1) is 13.9. The van der Waals surface area contributed by atoms with Crippen molar-refractivity contribution in [2.24, 2.45) is 11.7 Å². The molecule has 0 rings (SSSR count). The minimum absolute atomic E-state index is 0.580. The SMILES string of the molecule is CCCC(CCC)CNC(C)CCN. The molecule has 0 saturated heterocycles. The Balaban J connectivity index is 3.57. The molecule has 2 nitrogen and oxygen atoms in total. The Morgan fingerprint density at radius 1 is 1.07 bits per heavy atom. The van der Waals surface area contributed by atoms with E-state index in [0.29, 0.717) is 6.04 Å². The van der Waals surface area contributed by atoms with Crippen LogP contribution in [0.4, 0.5) is 0 Å². The molecule has 1 atom stereocenters. The van der Waals surface area contributed by atoms with Gasteiger partial charge in [-0.3, -0.25) is 0 Å². The van der Waals surface area contributed by atoms with Gasteiger partial charge >= 0.3 is 0 Å². The third-order valence-electron chi connectivity index (χ3n) is 2.75. The lowest BCUT2D eigenvalue weighted by atomic mass is 9.98. The highest BCUT2D eigenvalue weighted by atomic mass is 14.9. The summed E-state index contributed by atoms with van der Waals surface area (Å²) in [6.07, 6.45) is 6.41. The molecule has 0 saturated carbocycles. The van der Waals surface area contributed by atoms with Crippen LogP contribution >= 0.6 is 0 Å². The van der Waals surface area contributed by atoms with Crippen molar-refractivity contribution in [1.82, 2.24) is 5.32 Å². The summed E-state index contributed by atoms with van der Waals surface area (Å²) in [6.45, 7) is 8.73. The molecule has 0 radical (unpaired) electrons. The minimum Gasteiger partial charge on any atom is -0.330 e. The van der Waals surface area contributed by atoms with E-state index in [1.54, 1.807) is 0 Å². The second-order valence-corrected chi connectivity index (χ2v) is 4.33. The maximum atomic E-state index is 5.51. The van der Waals surface area contributed by atoms with Crippen LogP contribution in [0.1, 0.15) is 52.9 Å². The number of hydrogen-bond acceptors (Lipinski definition) is 2. The van der Waals surface area contributed by atoms with Crippen LogP contribution in [0.25, 0.3) is 0 Å². The first-order valence-corrected chi connectivity index (χ1v) is 6.18. The molecule has 2 heteroatoms. The summed E-state index contributed by atoms with van der Waals surface area (Å²) in [5.74, 6) is 0.866. The van der Waals surface area contributed by atoms with Gasteiger partial charge in [0.2, 0.25) is 0 Å². The number of rotatable bonds is 9. The molecule has 0 aromatic rings. The van der Waals surface area contributed by atoms with E-state index in [0.717, 1.165) is 18.9 Å². The molecule has 0 aliphatic carbocycles. The summed E-state index contributed by atoms with van der Waals surface area (Å²) < 4.78 is 0. The summed E-state index contributed by atoms with van der Waals surface area (Å²) in [7, 11) is 0. The molecular formula is C12H28N2. The average molecular weight is 200 g/mol. The van der Waals surface area contributed by atoms with Crippen molar-refractivity contribution in [2.75, 3.05) is 13.1 Å². The van der Waals surface area contributed by atoms with Crippen molar-refractivity contribution in [3.63, 3.8) is 0 Å². The quantitative estimate of drug-likeness (QED) is 0.600. The third-order valence-corrected chi connectivity index (χ3v) is 2.75. The summed E-state index contributed by atoms with van der Waals surface area (Å²) in [5, 5.41) is 3.57. The van der Waals surface area contributed by atoms with E-state index in [2.05, 4.69) is 26.1 Å². The monoisotopic (exact) mass is 200 g/mol. The summed E-state index contributed by atoms with van der Waals surface area (Å²) >= 11 is 0. The molecule has 0 aromatic heterocycles. The summed E-state index contributed by atoms with van der Waals surface area (Å²) in [4.78, 5) is 0. The van der Waals surface area contributed by atoms with Crippen LogP contribution in [0.3, 0.4) is 0 Å². The summed E-state index contributed by atoms with van der Waals surface area (Å²) in [6, 6.07) is 0.580. The Kier molecular flexibility index (Phi) is 9.42. The Hall–Kier alpha value is -0.0800. The van der Waals surface area contributed by atoms with Gasteiger partial charge in [0.05, 0.1) is 0 Å². The molecule has 14 heavy (non-hydrogen) atoms. The third kappa shape index (κ3) is 7.34. The predicted molar refractivity (Wildman–Crippen MR) is 64.4 cm³/mol. The van der Waals surface area contributed by atoms with E-state index < -0.39 is 0 Å². The second-order valence-electron chi connectivity index (χ2n) is 4.33. The van der Waals surface area contributed by atoms with Crippen LogP contribution < -0.4 is 11.1 Å². The van der Waals surface area contributed by atoms with Crippen LogP contribution in [0.5, 0.6) is 0 Å². The topological polar surface area (TPSA) is 38.0 Å². The smallest absolute Gasteiger partial charge is 0.00508 e. The Bertz CT molecular complexity index is 109. The van der Waals surface area contributed by atoms with Crippen molar-refractivity contribution < 1.29 is 0 Å². The zero-order chi connectivity index (χ0) is 10.8. The van der Waals surface area contributed by atoms with E-state index in [1.807, 2.05) is 0 Å². The van der Waals surface area contributed by atoms with E-state index in [-0.39, 0.29) is 0 Å². The van der Waals surface area contributed by atoms with Gasteiger partial charge in [-0.15, -0.1) is 0 Å². The van der Waals surface area contributed by atoms with Gasteiger partial charge in [0.25, 0.3) is 0 Å². The van der Waals surface area contributed by atoms with E-state index in [1.165, 1.54) is 32.2 Å². The second kappa shape index (κ2) is 9.47. The predicted octanol–water partition coefficient (Wildman–Crippen LogP) is 2.53. The number of nitrogens with one attached hydrogen (secondary N) is 1. The molecule has 0 heterocycles. The van der Waals surface area contributed by atoms with Crippen molar-refractivity contribution in [1.29, 1.82) is 0 Å². The van der Waals surface area contributed by atoms with Crippen LogP contribution in [-0.2, 0) is 0 Å². The fourth-order valence-electron chi connectivity index (χ4n) is 1.88. The van der Waals surface area contributed by atoms with Crippen LogP contribution in [0, 0.1) is 5.92 Å². The average Bonchev–Trinajstić information content (AvgIpc) is 2.15. The van der Waals surface area contributed by atoms with Crippen LogP contribution in [-0.4, -0.2) is 19.1 Å². The molecule has 0 amide bonds. The van der Waals surface area contributed by atoms with E-state index >= 15 is 0 Å². The zero-order valence-corrected chi connectivity index (χ0v) is 10.2. The van der Waals surface area contributed by atoms with Crippen LogP contribution in [0.15, 0.2) is 0 Å². The lowest BCUT2D eigenvalue weighted by Gasteiger charge is -2.19. The Morgan fingerprint density at radius 2 is 1.64 bits per heavy atom. The molecule has 0 fully saturated rings. The molecular weight excluding hydrogens is 172 g/mol. The van der Waals surface area contributed by atoms with Gasteiger partial charge in [-0.05, 0) is 45.2 Å². The maximum absolute atomic E-state index is 5.51. The van der Waals surface area contributed by atoms with Gasteiger partial charge in [-0.1, -0.05) is 26.7 Å². The van der Waals surface area contributed by atoms with Gasteiger partial charge in [0.1, 0.15) is 0 Å². The molecule has 0 aromatic carbocycles. The minimum atomic E-state index is 0.580. The lowest BCUT2D eigenvalue weighted by Crippen LogP contribution is -2.32. The van der Waals surface area contributed by atoms with Gasteiger partial charge < -0.3 is 11.1 Å². The first-order chi connectivity index (χ1) is 6.74. The lowest BCUT2D eigenvalue weighted by molar-refractivity contribution is 0.382. The van der Waals surface area contributed by atoms with Gasteiger partial charge in [-0.25, -0.2) is 0 Å². The molecule has 0 spiro atoms. The largest absolute Gasteiger partial charge is 0.330 e. The molecule has 86 valence electrons. The normalized spacial score (nSPS) is 13.5. The van der Waals surface area contributed by atoms with Gasteiger partial charge in [0.15, 0.2) is 0 Å². The first-order valence-electron chi connectivity index (χ1n) is 6.18. The Labute approximate surface area is 89.6 Å². The molecule has 3 N–H and O–H groups in total. The highest BCUT2D eigenvalue weighted by Crippen LogP contribution is 2.12. The standard InChI is InChI=1S/C12H28N2/c1-4-6-12(7-5-2)10-14-11(3)8-9-13/h11-12,14H,4-10,13H2,1-3H3. The highest BCUT2D eigenvalue weighted by molar-refractivity contribution is 4.66. The van der Waals surface area contributed by atoms with Gasteiger partial charge in [0, 0.05) is 6.04 Å². The maximum Gasteiger partial charge on any atom is 0.00508 e. The number of hydrogen-bond donors (Lipinski definition) is 2. The molecule has 0 bridgehead atoms.